The summed E-state index contributed by atoms with van der Waals surface area (Å²) in [7, 11) is 0. The molecule has 2 unspecified atom stereocenters. The lowest BCUT2D eigenvalue weighted by atomic mass is 10.2. The zero-order chi connectivity index (χ0) is 13.7. The molecular formula is C15H21N3S. The summed E-state index contributed by atoms with van der Waals surface area (Å²) in [5.74, 6) is 0. The number of hydrogen-bond donors (Lipinski definition) is 1. The molecule has 0 aliphatic carbocycles. The number of aromatic nitrogens is 2. The van der Waals surface area contributed by atoms with Crippen LogP contribution >= 0.6 is 11.8 Å². The van der Waals surface area contributed by atoms with E-state index in [0.717, 1.165) is 12.2 Å². The Balaban J connectivity index is 2.01. The minimum atomic E-state index is 0.326. The molecule has 1 aromatic carbocycles. The molecule has 0 bridgehead atoms. The zero-order valence-electron chi connectivity index (χ0n) is 11.7. The van der Waals surface area contributed by atoms with Crippen LogP contribution in [-0.2, 0) is 0 Å². The summed E-state index contributed by atoms with van der Waals surface area (Å²) < 4.78 is 1.92. The highest BCUT2D eigenvalue weighted by Crippen LogP contribution is 2.15. The molecule has 1 heterocycles. The third kappa shape index (κ3) is 3.85. The van der Waals surface area contributed by atoms with Gasteiger partial charge in [-0.1, -0.05) is 25.1 Å². The Morgan fingerprint density at radius 3 is 2.68 bits per heavy atom. The van der Waals surface area contributed by atoms with Gasteiger partial charge in [-0.25, -0.2) is 4.68 Å². The maximum atomic E-state index is 4.43. The summed E-state index contributed by atoms with van der Waals surface area (Å²) in [6.45, 7) is 5.43. The first-order valence-corrected chi connectivity index (χ1v) is 7.85. The Bertz CT molecular complexity index is 495. The summed E-state index contributed by atoms with van der Waals surface area (Å²) >= 11 is 1.88. The molecule has 0 saturated heterocycles. The van der Waals surface area contributed by atoms with Crippen molar-refractivity contribution < 1.29 is 0 Å². The standard InChI is InChI=1S/C15H21N3S/c1-12(19-3)9-16-13(2)14-10-17-18(11-14)15-7-5-4-6-8-15/h4-8,10-13,16H,9H2,1-3H3. The van der Waals surface area contributed by atoms with Gasteiger partial charge in [0.05, 0.1) is 11.9 Å². The van der Waals surface area contributed by atoms with E-state index < -0.39 is 0 Å². The molecule has 0 fully saturated rings. The second-order valence-corrected chi connectivity index (χ2v) is 6.01. The Morgan fingerprint density at radius 1 is 1.26 bits per heavy atom. The van der Waals surface area contributed by atoms with Crippen LogP contribution in [0.15, 0.2) is 42.7 Å². The van der Waals surface area contributed by atoms with E-state index >= 15 is 0 Å². The lowest BCUT2D eigenvalue weighted by molar-refractivity contribution is 0.576. The molecular weight excluding hydrogens is 254 g/mol. The minimum absolute atomic E-state index is 0.326. The molecule has 2 atom stereocenters. The molecule has 2 rings (SSSR count). The first-order chi connectivity index (χ1) is 9.20. The average Bonchev–Trinajstić information content (AvgIpc) is 2.95. The van der Waals surface area contributed by atoms with Gasteiger partial charge in [0, 0.05) is 29.6 Å². The van der Waals surface area contributed by atoms with Crippen LogP contribution in [0.2, 0.25) is 0 Å². The molecule has 2 aromatic rings. The number of hydrogen-bond acceptors (Lipinski definition) is 3. The molecule has 1 aromatic heterocycles. The van der Waals surface area contributed by atoms with Crippen LogP contribution in [0.25, 0.3) is 5.69 Å². The van der Waals surface area contributed by atoms with Crippen molar-refractivity contribution in [2.45, 2.75) is 25.1 Å². The quantitative estimate of drug-likeness (QED) is 0.877. The van der Waals surface area contributed by atoms with Gasteiger partial charge in [-0.15, -0.1) is 0 Å². The molecule has 0 amide bonds. The number of thioether (sulfide) groups is 1. The van der Waals surface area contributed by atoms with Gasteiger partial charge in [0.15, 0.2) is 0 Å². The summed E-state index contributed by atoms with van der Waals surface area (Å²) in [5, 5.41) is 8.60. The van der Waals surface area contributed by atoms with E-state index in [2.05, 4.69) is 48.8 Å². The zero-order valence-corrected chi connectivity index (χ0v) is 12.5. The van der Waals surface area contributed by atoms with Crippen molar-refractivity contribution in [1.82, 2.24) is 15.1 Å². The number of nitrogens with one attached hydrogen (secondary N) is 1. The molecule has 0 radical (unpaired) electrons. The van der Waals surface area contributed by atoms with Gasteiger partial charge < -0.3 is 5.32 Å². The van der Waals surface area contributed by atoms with E-state index in [9.17, 15) is 0 Å². The topological polar surface area (TPSA) is 29.9 Å². The fourth-order valence-corrected chi connectivity index (χ4v) is 2.09. The SMILES string of the molecule is CSC(C)CNC(C)c1cnn(-c2ccccc2)c1. The highest BCUT2D eigenvalue weighted by atomic mass is 32.2. The molecule has 0 spiro atoms. The van der Waals surface area contributed by atoms with Gasteiger partial charge in [-0.2, -0.15) is 16.9 Å². The lowest BCUT2D eigenvalue weighted by Crippen LogP contribution is -2.25. The molecule has 0 aliphatic heterocycles. The van der Waals surface area contributed by atoms with Gasteiger partial charge in [0.1, 0.15) is 0 Å². The molecule has 1 N–H and O–H groups in total. The van der Waals surface area contributed by atoms with Crippen molar-refractivity contribution in [3.05, 3.63) is 48.3 Å². The molecule has 0 aliphatic rings. The minimum Gasteiger partial charge on any atom is -0.309 e. The fourth-order valence-electron chi connectivity index (χ4n) is 1.83. The summed E-state index contributed by atoms with van der Waals surface area (Å²) in [6.07, 6.45) is 6.18. The fraction of sp³-hybridized carbons (Fsp3) is 0.400. The van der Waals surface area contributed by atoms with Crippen LogP contribution in [0.5, 0.6) is 0 Å². The van der Waals surface area contributed by atoms with Gasteiger partial charge >= 0.3 is 0 Å². The summed E-state index contributed by atoms with van der Waals surface area (Å²) in [6, 6.07) is 10.5. The van der Waals surface area contributed by atoms with E-state index in [1.165, 1.54) is 5.56 Å². The van der Waals surface area contributed by atoms with Crippen LogP contribution in [0.4, 0.5) is 0 Å². The van der Waals surface area contributed by atoms with Crippen LogP contribution in [0.1, 0.15) is 25.5 Å². The van der Waals surface area contributed by atoms with E-state index in [4.69, 9.17) is 0 Å². The van der Waals surface area contributed by atoms with Gasteiger partial charge in [0.2, 0.25) is 0 Å². The Labute approximate surface area is 119 Å². The Morgan fingerprint density at radius 2 is 2.00 bits per heavy atom. The molecule has 0 saturated carbocycles. The highest BCUT2D eigenvalue weighted by molar-refractivity contribution is 7.99. The van der Waals surface area contributed by atoms with Crippen molar-refractivity contribution in [3.8, 4) is 5.69 Å². The van der Waals surface area contributed by atoms with Crippen LogP contribution in [0, 0.1) is 0 Å². The van der Waals surface area contributed by atoms with Crippen LogP contribution in [-0.4, -0.2) is 27.8 Å². The predicted octanol–water partition coefficient (Wildman–Crippen LogP) is 3.27. The average molecular weight is 275 g/mol. The molecule has 4 heteroatoms. The number of rotatable bonds is 6. The highest BCUT2D eigenvalue weighted by Gasteiger charge is 2.09. The molecule has 3 nitrogen and oxygen atoms in total. The predicted molar refractivity (Wildman–Crippen MR) is 83.0 cm³/mol. The van der Waals surface area contributed by atoms with Gasteiger partial charge in [0.25, 0.3) is 0 Å². The normalized spacial score (nSPS) is 14.3. The summed E-state index contributed by atoms with van der Waals surface area (Å²) in [5.41, 5.74) is 2.32. The number of para-hydroxylation sites is 1. The number of benzene rings is 1. The largest absolute Gasteiger partial charge is 0.309 e. The summed E-state index contributed by atoms with van der Waals surface area (Å²) in [4.78, 5) is 0. The second-order valence-electron chi connectivity index (χ2n) is 4.73. The number of nitrogens with zero attached hydrogens (tertiary/aromatic N) is 2. The second kappa shape index (κ2) is 6.78. The van der Waals surface area contributed by atoms with Gasteiger partial charge in [-0.05, 0) is 25.3 Å². The maximum Gasteiger partial charge on any atom is 0.0645 e. The third-order valence-electron chi connectivity index (χ3n) is 3.24. The van der Waals surface area contributed by atoms with Gasteiger partial charge in [-0.3, -0.25) is 0 Å². The Hall–Kier alpha value is -1.26. The first-order valence-electron chi connectivity index (χ1n) is 6.57. The van der Waals surface area contributed by atoms with Crippen molar-refractivity contribution in [3.63, 3.8) is 0 Å². The molecule has 102 valence electrons. The van der Waals surface area contributed by atoms with E-state index in [0.29, 0.717) is 11.3 Å². The Kier molecular flexibility index (Phi) is 5.05. The monoisotopic (exact) mass is 275 g/mol. The maximum absolute atomic E-state index is 4.43. The van der Waals surface area contributed by atoms with Crippen molar-refractivity contribution in [1.29, 1.82) is 0 Å². The van der Waals surface area contributed by atoms with Crippen LogP contribution < -0.4 is 5.32 Å². The lowest BCUT2D eigenvalue weighted by Gasteiger charge is -2.15. The third-order valence-corrected chi connectivity index (χ3v) is 4.21. The van der Waals surface area contributed by atoms with E-state index in [-0.39, 0.29) is 0 Å². The smallest absolute Gasteiger partial charge is 0.0645 e. The van der Waals surface area contributed by atoms with Crippen molar-refractivity contribution >= 4 is 11.8 Å². The first kappa shape index (κ1) is 14.2. The van der Waals surface area contributed by atoms with E-state index in [1.54, 1.807) is 0 Å². The van der Waals surface area contributed by atoms with E-state index in [1.807, 2.05) is 40.8 Å². The van der Waals surface area contributed by atoms with Crippen molar-refractivity contribution in [2.24, 2.45) is 0 Å². The van der Waals surface area contributed by atoms with Crippen molar-refractivity contribution in [2.75, 3.05) is 12.8 Å². The van der Waals surface area contributed by atoms with Crippen LogP contribution in [0.3, 0.4) is 0 Å². The molecule has 19 heavy (non-hydrogen) atoms.